The second-order valence-electron chi connectivity index (χ2n) is 3.38. The van der Waals surface area contributed by atoms with E-state index < -0.39 is 10.0 Å². The topological polar surface area (TPSA) is 55.4 Å². The van der Waals surface area contributed by atoms with Crippen molar-refractivity contribution in [2.45, 2.75) is 4.21 Å². The van der Waals surface area contributed by atoms with Crippen molar-refractivity contribution in [2.75, 3.05) is 11.8 Å². The summed E-state index contributed by atoms with van der Waals surface area (Å²) in [6.45, 7) is 0. The number of hydrogen-bond donors (Lipinski definition) is 1. The normalized spacial score (nSPS) is 11.2. The first-order valence-electron chi connectivity index (χ1n) is 4.93. The molecule has 4 nitrogen and oxygen atoms in total. The zero-order valence-electron chi connectivity index (χ0n) is 9.38. The number of sulfonamides is 1. The molecule has 96 valence electrons. The largest absolute Gasteiger partial charge is 0.497 e. The molecule has 1 aromatic heterocycles. The summed E-state index contributed by atoms with van der Waals surface area (Å²) in [5.41, 5.74) is 0.325. The third-order valence-electron chi connectivity index (χ3n) is 2.18. The molecular formula is C11H10ClNO3S2. The Hall–Kier alpha value is -1.24. The minimum absolute atomic E-state index is 0.245. The fourth-order valence-electron chi connectivity index (χ4n) is 1.32. The summed E-state index contributed by atoms with van der Waals surface area (Å²) in [4.78, 5) is 0. The lowest BCUT2D eigenvalue weighted by Crippen LogP contribution is -2.11. The van der Waals surface area contributed by atoms with Crippen molar-refractivity contribution in [3.05, 3.63) is 40.7 Å². The molecule has 0 fully saturated rings. The fourth-order valence-corrected chi connectivity index (χ4v) is 3.66. The third kappa shape index (κ3) is 2.77. The molecule has 2 rings (SSSR count). The summed E-state index contributed by atoms with van der Waals surface area (Å²) in [5.74, 6) is 0.569. The van der Waals surface area contributed by atoms with Crippen molar-refractivity contribution in [3.8, 4) is 5.75 Å². The molecule has 1 N–H and O–H groups in total. The molecule has 0 atom stereocenters. The van der Waals surface area contributed by atoms with Crippen molar-refractivity contribution in [2.24, 2.45) is 0 Å². The van der Waals surface area contributed by atoms with Gasteiger partial charge in [-0.15, -0.1) is 11.3 Å². The Kier molecular flexibility index (Phi) is 3.79. The van der Waals surface area contributed by atoms with Crippen LogP contribution in [0.15, 0.2) is 39.9 Å². The SMILES string of the molecule is COc1ccc(NS(=O)(=O)c2cccs2)c(Cl)c1. The number of nitrogens with one attached hydrogen (secondary N) is 1. The second-order valence-corrected chi connectivity index (χ2v) is 6.65. The van der Waals surface area contributed by atoms with E-state index in [0.29, 0.717) is 11.4 Å². The molecule has 1 aromatic carbocycles. The van der Waals surface area contributed by atoms with Crippen molar-refractivity contribution >= 4 is 38.6 Å². The molecule has 0 aliphatic carbocycles. The highest BCUT2D eigenvalue weighted by Gasteiger charge is 2.16. The maximum atomic E-state index is 12.0. The van der Waals surface area contributed by atoms with Gasteiger partial charge < -0.3 is 4.74 Å². The van der Waals surface area contributed by atoms with Gasteiger partial charge >= 0.3 is 0 Å². The summed E-state index contributed by atoms with van der Waals surface area (Å²) in [6.07, 6.45) is 0. The Morgan fingerprint density at radius 1 is 1.33 bits per heavy atom. The molecule has 2 aromatic rings. The fraction of sp³-hybridized carbons (Fsp3) is 0.0909. The van der Waals surface area contributed by atoms with E-state index in [0.717, 1.165) is 11.3 Å². The van der Waals surface area contributed by atoms with E-state index in [4.69, 9.17) is 16.3 Å². The number of anilines is 1. The van der Waals surface area contributed by atoms with Crippen LogP contribution in [0.2, 0.25) is 5.02 Å². The maximum absolute atomic E-state index is 12.0. The Labute approximate surface area is 114 Å². The lowest BCUT2D eigenvalue weighted by molar-refractivity contribution is 0.415. The predicted octanol–water partition coefficient (Wildman–Crippen LogP) is 3.21. The highest BCUT2D eigenvalue weighted by molar-refractivity contribution is 7.94. The van der Waals surface area contributed by atoms with Gasteiger partial charge in [0.1, 0.15) is 9.96 Å². The number of methoxy groups -OCH3 is 1. The van der Waals surface area contributed by atoms with Crippen molar-refractivity contribution < 1.29 is 13.2 Å². The van der Waals surface area contributed by atoms with E-state index in [1.165, 1.54) is 13.2 Å². The van der Waals surface area contributed by atoms with Gasteiger partial charge in [-0.2, -0.15) is 0 Å². The Morgan fingerprint density at radius 3 is 2.67 bits per heavy atom. The molecule has 0 unspecified atom stereocenters. The number of hydrogen-bond acceptors (Lipinski definition) is 4. The molecule has 1 heterocycles. The molecule has 0 saturated carbocycles. The molecule has 0 spiro atoms. The van der Waals surface area contributed by atoms with Gasteiger partial charge in [0.15, 0.2) is 0 Å². The second kappa shape index (κ2) is 5.17. The van der Waals surface area contributed by atoms with Gasteiger partial charge in [0.2, 0.25) is 0 Å². The average molecular weight is 304 g/mol. The number of rotatable bonds is 4. The van der Waals surface area contributed by atoms with E-state index in [9.17, 15) is 8.42 Å². The highest BCUT2D eigenvalue weighted by Crippen LogP contribution is 2.29. The van der Waals surface area contributed by atoms with Crippen LogP contribution >= 0.6 is 22.9 Å². The van der Waals surface area contributed by atoms with Crippen molar-refractivity contribution in [1.29, 1.82) is 0 Å². The van der Waals surface area contributed by atoms with E-state index in [1.807, 2.05) is 0 Å². The molecule has 0 amide bonds. The maximum Gasteiger partial charge on any atom is 0.271 e. The quantitative estimate of drug-likeness (QED) is 0.943. The molecule has 0 aliphatic rings. The smallest absolute Gasteiger partial charge is 0.271 e. The number of ether oxygens (including phenoxy) is 1. The van der Waals surface area contributed by atoms with Gasteiger partial charge in [0.05, 0.1) is 17.8 Å². The summed E-state index contributed by atoms with van der Waals surface area (Å²) in [5, 5.41) is 1.99. The van der Waals surface area contributed by atoms with Gasteiger partial charge in [-0.1, -0.05) is 17.7 Å². The molecule has 0 saturated heterocycles. The van der Waals surface area contributed by atoms with Crippen LogP contribution in [-0.2, 0) is 10.0 Å². The lowest BCUT2D eigenvalue weighted by Gasteiger charge is -2.09. The van der Waals surface area contributed by atoms with Crippen LogP contribution in [-0.4, -0.2) is 15.5 Å². The minimum Gasteiger partial charge on any atom is -0.497 e. The summed E-state index contributed by atoms with van der Waals surface area (Å²) >= 11 is 7.12. The number of benzene rings is 1. The van der Waals surface area contributed by atoms with Crippen LogP contribution in [0.5, 0.6) is 5.75 Å². The Bertz CT molecular complexity index is 638. The van der Waals surface area contributed by atoms with E-state index in [-0.39, 0.29) is 9.23 Å². The first-order chi connectivity index (χ1) is 8.53. The monoisotopic (exact) mass is 303 g/mol. The van der Waals surface area contributed by atoms with Crippen LogP contribution in [0.4, 0.5) is 5.69 Å². The molecule has 7 heteroatoms. The molecule has 18 heavy (non-hydrogen) atoms. The molecular weight excluding hydrogens is 294 g/mol. The zero-order chi connectivity index (χ0) is 13.2. The summed E-state index contributed by atoms with van der Waals surface area (Å²) in [7, 11) is -2.05. The Morgan fingerprint density at radius 2 is 2.11 bits per heavy atom. The van der Waals surface area contributed by atoms with E-state index in [1.54, 1.807) is 29.6 Å². The zero-order valence-corrected chi connectivity index (χ0v) is 11.8. The van der Waals surface area contributed by atoms with Gasteiger partial charge in [-0.25, -0.2) is 8.42 Å². The van der Waals surface area contributed by atoms with Crippen LogP contribution in [0.3, 0.4) is 0 Å². The highest BCUT2D eigenvalue weighted by atomic mass is 35.5. The molecule has 0 bridgehead atoms. The summed E-state index contributed by atoms with van der Waals surface area (Å²) < 4.78 is 31.6. The van der Waals surface area contributed by atoms with Crippen molar-refractivity contribution in [3.63, 3.8) is 0 Å². The Balaban J connectivity index is 2.30. The standard InChI is InChI=1S/C11H10ClNO3S2/c1-16-8-4-5-10(9(12)7-8)13-18(14,15)11-3-2-6-17-11/h2-7,13H,1H3. The van der Waals surface area contributed by atoms with Crippen LogP contribution in [0.25, 0.3) is 0 Å². The third-order valence-corrected chi connectivity index (χ3v) is 5.26. The first-order valence-corrected chi connectivity index (χ1v) is 7.67. The first kappa shape index (κ1) is 13.2. The minimum atomic E-state index is -3.57. The average Bonchev–Trinajstić information content (AvgIpc) is 2.86. The molecule has 0 aliphatic heterocycles. The van der Waals surface area contributed by atoms with Crippen LogP contribution in [0, 0.1) is 0 Å². The number of thiophene rings is 1. The lowest BCUT2D eigenvalue weighted by atomic mass is 10.3. The van der Waals surface area contributed by atoms with E-state index >= 15 is 0 Å². The van der Waals surface area contributed by atoms with E-state index in [2.05, 4.69) is 4.72 Å². The van der Waals surface area contributed by atoms with Crippen LogP contribution in [0.1, 0.15) is 0 Å². The molecule has 0 radical (unpaired) electrons. The van der Waals surface area contributed by atoms with Gasteiger partial charge in [-0.3, -0.25) is 4.72 Å². The van der Waals surface area contributed by atoms with Gasteiger partial charge in [0, 0.05) is 6.07 Å². The van der Waals surface area contributed by atoms with Crippen LogP contribution < -0.4 is 9.46 Å². The van der Waals surface area contributed by atoms with Gasteiger partial charge in [0.25, 0.3) is 10.0 Å². The van der Waals surface area contributed by atoms with Crippen molar-refractivity contribution in [1.82, 2.24) is 0 Å². The van der Waals surface area contributed by atoms with Gasteiger partial charge in [-0.05, 0) is 23.6 Å². The summed E-state index contributed by atoms with van der Waals surface area (Å²) in [6, 6.07) is 7.96. The number of halogens is 1. The predicted molar refractivity (Wildman–Crippen MR) is 73.1 cm³/mol.